The fraction of sp³-hybridized carbons (Fsp3) is 0.300. The van der Waals surface area contributed by atoms with Crippen LogP contribution >= 0.6 is 0 Å². The van der Waals surface area contributed by atoms with Gasteiger partial charge in [-0.2, -0.15) is 4.98 Å². The fourth-order valence-corrected chi connectivity index (χ4v) is 3.24. The van der Waals surface area contributed by atoms with Crippen LogP contribution < -0.4 is 5.73 Å². The van der Waals surface area contributed by atoms with Gasteiger partial charge in [-0.05, 0) is 43.9 Å². The quantitative estimate of drug-likeness (QED) is 0.649. The monoisotopic (exact) mass is 376 g/mol. The Balaban J connectivity index is 1.63. The number of carbonyl (C=O) groups is 1. The average Bonchev–Trinajstić information content (AvgIpc) is 3.36. The molecule has 1 saturated heterocycles. The van der Waals surface area contributed by atoms with Gasteiger partial charge in [0.15, 0.2) is 0 Å². The molecule has 3 aromatic rings. The lowest BCUT2D eigenvalue weighted by Gasteiger charge is -2.23. The van der Waals surface area contributed by atoms with Crippen molar-refractivity contribution in [2.24, 2.45) is 0 Å². The summed E-state index contributed by atoms with van der Waals surface area (Å²) in [4.78, 5) is 26.6. The predicted octanol–water partition coefficient (Wildman–Crippen LogP) is 1.12. The number of fused-ring (bicyclic) bond motifs is 1. The Morgan fingerprint density at radius 2 is 2.07 bits per heavy atom. The highest BCUT2D eigenvalue weighted by atomic mass is 16.3. The van der Waals surface area contributed by atoms with Gasteiger partial charge in [0.2, 0.25) is 11.5 Å². The number of carbonyl (C=O) groups excluding carboxylic acids is 1. The molecule has 4 rings (SSSR count). The molecule has 1 fully saturated rings. The van der Waals surface area contributed by atoms with E-state index in [0.717, 1.165) is 23.9 Å². The number of hydrogen-bond donors (Lipinski definition) is 2. The molecule has 8 nitrogen and oxygen atoms in total. The van der Waals surface area contributed by atoms with Crippen molar-refractivity contribution in [2.75, 3.05) is 18.8 Å². The van der Waals surface area contributed by atoms with Crippen molar-refractivity contribution in [1.29, 1.82) is 0 Å². The first-order chi connectivity index (χ1) is 13.4. The minimum Gasteiger partial charge on any atom is -0.370 e. The Labute approximate surface area is 162 Å². The maximum absolute atomic E-state index is 12.4. The number of anilines is 1. The Morgan fingerprint density at radius 1 is 1.29 bits per heavy atom. The van der Waals surface area contributed by atoms with Crippen LogP contribution in [0.15, 0.2) is 36.8 Å². The largest absolute Gasteiger partial charge is 0.370 e. The summed E-state index contributed by atoms with van der Waals surface area (Å²) in [6, 6.07) is 5.47. The van der Waals surface area contributed by atoms with Crippen LogP contribution in [-0.2, 0) is 4.79 Å². The third-order valence-corrected chi connectivity index (χ3v) is 4.71. The number of nitrogens with two attached hydrogens (primary N) is 1. The number of nitrogens with zero attached hydrogens (tertiary/aromatic N) is 5. The van der Waals surface area contributed by atoms with Crippen LogP contribution in [-0.4, -0.2) is 54.1 Å². The van der Waals surface area contributed by atoms with Crippen LogP contribution in [0.5, 0.6) is 0 Å². The first-order valence-corrected chi connectivity index (χ1v) is 9.05. The van der Waals surface area contributed by atoms with E-state index in [9.17, 15) is 9.90 Å². The lowest BCUT2D eigenvalue weighted by Crippen LogP contribution is -2.45. The Kier molecular flexibility index (Phi) is 4.45. The van der Waals surface area contributed by atoms with E-state index in [-0.39, 0.29) is 11.9 Å². The molecule has 1 atom stereocenters. The average molecular weight is 376 g/mol. The molecule has 1 aliphatic rings. The van der Waals surface area contributed by atoms with E-state index in [2.05, 4.69) is 26.8 Å². The maximum atomic E-state index is 12.4. The van der Waals surface area contributed by atoms with E-state index in [1.54, 1.807) is 23.4 Å². The zero-order valence-corrected chi connectivity index (χ0v) is 15.5. The maximum Gasteiger partial charge on any atom is 0.266 e. The molecule has 1 amide bonds. The van der Waals surface area contributed by atoms with Gasteiger partial charge in [0.25, 0.3) is 5.91 Å². The summed E-state index contributed by atoms with van der Waals surface area (Å²) < 4.78 is 1.85. The molecular weight excluding hydrogens is 356 g/mol. The second-order valence-corrected chi connectivity index (χ2v) is 6.91. The topological polar surface area (TPSA) is 110 Å². The number of rotatable bonds is 2. The molecular formula is C20H20N6O2. The number of amides is 1. The third-order valence-electron chi connectivity index (χ3n) is 4.71. The van der Waals surface area contributed by atoms with Crippen LogP contribution in [0.3, 0.4) is 0 Å². The Morgan fingerprint density at radius 3 is 2.86 bits per heavy atom. The van der Waals surface area contributed by atoms with Crippen molar-refractivity contribution in [1.82, 2.24) is 24.4 Å². The van der Waals surface area contributed by atoms with Crippen LogP contribution in [0.4, 0.5) is 5.95 Å². The molecule has 3 N–H and O–H groups in total. The third kappa shape index (κ3) is 3.40. The summed E-state index contributed by atoms with van der Waals surface area (Å²) in [5.41, 5.74) is 5.86. The summed E-state index contributed by atoms with van der Waals surface area (Å²) in [7, 11) is 0. The van der Waals surface area contributed by atoms with Crippen LogP contribution in [0.2, 0.25) is 0 Å². The molecule has 0 radical (unpaired) electrons. The molecule has 8 heteroatoms. The molecule has 1 aliphatic heterocycles. The molecule has 1 unspecified atom stereocenters. The van der Waals surface area contributed by atoms with Crippen LogP contribution in [0.25, 0.3) is 16.7 Å². The van der Waals surface area contributed by atoms with Crippen LogP contribution in [0, 0.1) is 11.8 Å². The molecule has 0 aromatic carbocycles. The highest BCUT2D eigenvalue weighted by molar-refractivity contribution is 5.88. The van der Waals surface area contributed by atoms with E-state index in [1.807, 2.05) is 22.9 Å². The van der Waals surface area contributed by atoms with E-state index < -0.39 is 5.60 Å². The fourth-order valence-electron chi connectivity index (χ4n) is 3.24. The van der Waals surface area contributed by atoms with E-state index in [0.29, 0.717) is 24.4 Å². The van der Waals surface area contributed by atoms with Crippen LogP contribution in [0.1, 0.15) is 25.5 Å². The molecule has 28 heavy (non-hydrogen) atoms. The molecule has 3 aromatic heterocycles. The van der Waals surface area contributed by atoms with E-state index in [4.69, 9.17) is 5.73 Å². The second-order valence-electron chi connectivity index (χ2n) is 6.91. The summed E-state index contributed by atoms with van der Waals surface area (Å²) in [6.07, 6.45) is 7.05. The van der Waals surface area contributed by atoms with Crippen molar-refractivity contribution >= 4 is 22.9 Å². The Bertz CT molecular complexity index is 1100. The number of nitrogen functional groups attached to an aromatic ring is 1. The number of hydrogen-bond acceptors (Lipinski definition) is 6. The van der Waals surface area contributed by atoms with Crippen molar-refractivity contribution in [3.05, 3.63) is 42.5 Å². The van der Waals surface area contributed by atoms with Gasteiger partial charge in [0.1, 0.15) is 11.3 Å². The number of pyridine rings is 1. The van der Waals surface area contributed by atoms with E-state index >= 15 is 0 Å². The van der Waals surface area contributed by atoms with Gasteiger partial charge in [0.05, 0.1) is 5.69 Å². The zero-order valence-electron chi connectivity index (χ0n) is 15.5. The van der Waals surface area contributed by atoms with Crippen molar-refractivity contribution in [3.8, 4) is 17.5 Å². The van der Waals surface area contributed by atoms with Gasteiger partial charge in [-0.25, -0.2) is 9.97 Å². The summed E-state index contributed by atoms with van der Waals surface area (Å²) in [6.45, 7) is 2.75. The highest BCUT2D eigenvalue weighted by Gasteiger charge is 2.33. The van der Waals surface area contributed by atoms with Gasteiger partial charge in [-0.15, -0.1) is 0 Å². The van der Waals surface area contributed by atoms with Gasteiger partial charge >= 0.3 is 0 Å². The van der Waals surface area contributed by atoms with Gasteiger partial charge < -0.3 is 20.3 Å². The lowest BCUT2D eigenvalue weighted by atomic mass is 10.1. The smallest absolute Gasteiger partial charge is 0.266 e. The molecule has 0 bridgehead atoms. The SMILES string of the molecule is CC(O)(C#Cc1cc(-n2ccc3cnc(N)nc32)ccn1)C(=O)N1CCCC1. The number of aromatic nitrogens is 4. The van der Waals surface area contributed by atoms with E-state index in [1.165, 1.54) is 6.92 Å². The number of aliphatic hydroxyl groups is 1. The van der Waals surface area contributed by atoms with Gasteiger partial charge in [-0.1, -0.05) is 5.92 Å². The first kappa shape index (κ1) is 17.9. The summed E-state index contributed by atoms with van der Waals surface area (Å²) in [5, 5.41) is 11.4. The van der Waals surface area contributed by atoms with Gasteiger partial charge in [-0.3, -0.25) is 4.79 Å². The standard InChI is InChI=1S/C20H20N6O2/c1-20(28,18(27)25-9-2-3-10-25)7-4-15-12-16(5-8-22-15)26-11-6-14-13-23-19(21)24-17(14)26/h5-6,8,11-13,28H,2-3,9-10H2,1H3,(H2,21,23,24). The van der Waals surface area contributed by atoms with Crippen molar-refractivity contribution in [2.45, 2.75) is 25.4 Å². The van der Waals surface area contributed by atoms with Crippen molar-refractivity contribution in [3.63, 3.8) is 0 Å². The first-order valence-electron chi connectivity index (χ1n) is 9.05. The molecule has 0 saturated carbocycles. The number of likely N-dealkylation sites (tertiary alicyclic amines) is 1. The normalized spacial score (nSPS) is 15.9. The minimum absolute atomic E-state index is 0.193. The van der Waals surface area contributed by atoms with Crippen molar-refractivity contribution < 1.29 is 9.90 Å². The second kappa shape index (κ2) is 6.94. The van der Waals surface area contributed by atoms with Gasteiger partial charge in [0, 0.05) is 37.1 Å². The molecule has 142 valence electrons. The molecule has 4 heterocycles. The predicted molar refractivity (Wildman–Crippen MR) is 104 cm³/mol. The molecule has 0 spiro atoms. The zero-order chi connectivity index (χ0) is 19.7. The summed E-state index contributed by atoms with van der Waals surface area (Å²) in [5.74, 6) is 5.32. The minimum atomic E-state index is -1.75. The Hall–Kier alpha value is -3.44. The highest BCUT2D eigenvalue weighted by Crippen LogP contribution is 2.19. The lowest BCUT2D eigenvalue weighted by molar-refractivity contribution is -0.143. The molecule has 0 aliphatic carbocycles. The summed E-state index contributed by atoms with van der Waals surface area (Å²) >= 11 is 0.